The van der Waals surface area contributed by atoms with Gasteiger partial charge in [-0.2, -0.15) is 0 Å². The zero-order valence-electron chi connectivity index (χ0n) is 22.2. The summed E-state index contributed by atoms with van der Waals surface area (Å²) in [4.78, 5) is 35.2. The number of carbonyl (C=O) groups is 3. The van der Waals surface area contributed by atoms with Crippen LogP contribution >= 0.6 is 0 Å². The number of aliphatic hydroxyl groups excluding tert-OH is 2. The number of rotatable bonds is 17. The Balaban J connectivity index is 0. The largest absolute Gasteiger partial charge is 0.469 e. The zero-order chi connectivity index (χ0) is 26.5. The molecule has 0 unspecified atom stereocenters. The average molecular weight is 493 g/mol. The average Bonchev–Trinajstić information content (AvgIpc) is 2.81. The minimum absolute atomic E-state index is 0.000521. The predicted octanol–water partition coefficient (Wildman–Crippen LogP) is 1.37. The van der Waals surface area contributed by atoms with E-state index < -0.39 is 0 Å². The summed E-state index contributed by atoms with van der Waals surface area (Å²) >= 11 is 0. The van der Waals surface area contributed by atoms with E-state index in [4.69, 9.17) is 5.11 Å². The third kappa shape index (κ3) is 19.7. The SMILES string of the molecule is COC(=O)CCN(CCC(=O)OC)[C@H](CO)CC(C)C.COC(=O)CCN[C@H](CO)CC(C)C. The minimum Gasteiger partial charge on any atom is -0.469 e. The van der Waals surface area contributed by atoms with Crippen molar-refractivity contribution < 1.29 is 38.8 Å². The monoisotopic (exact) mass is 492 g/mol. The molecule has 0 aromatic heterocycles. The van der Waals surface area contributed by atoms with Gasteiger partial charge in [0.2, 0.25) is 0 Å². The molecular weight excluding hydrogens is 444 g/mol. The van der Waals surface area contributed by atoms with Gasteiger partial charge in [-0.25, -0.2) is 0 Å². The summed E-state index contributed by atoms with van der Waals surface area (Å²) in [5.74, 6) is 0.144. The standard InChI is InChI=1S/C14H27NO5.C10H21NO3/c1-11(2)9-12(10-16)15(7-5-13(17)19-3)8-6-14(18)20-4;1-8(2)6-9(7-12)11-5-4-10(13)14-3/h11-12,16H,5-10H2,1-4H3;8-9,11-12H,4-7H2,1-3H3/t12-;9-/m00/s1. The minimum atomic E-state index is -0.297. The fourth-order valence-corrected chi connectivity index (χ4v) is 3.31. The van der Waals surface area contributed by atoms with Crippen molar-refractivity contribution in [3.8, 4) is 0 Å². The van der Waals surface area contributed by atoms with E-state index in [2.05, 4.69) is 47.2 Å². The molecule has 0 bridgehead atoms. The zero-order valence-corrected chi connectivity index (χ0v) is 22.2. The van der Waals surface area contributed by atoms with E-state index in [1.165, 1.54) is 21.3 Å². The number of carbonyl (C=O) groups excluding carboxylic acids is 3. The summed E-state index contributed by atoms with van der Waals surface area (Å²) in [7, 11) is 4.07. The van der Waals surface area contributed by atoms with Crippen LogP contribution in [-0.2, 0) is 28.6 Å². The molecule has 0 aliphatic heterocycles. The Bertz CT molecular complexity index is 523. The number of hydrogen-bond donors (Lipinski definition) is 3. The Labute approximate surface area is 205 Å². The second-order valence-corrected chi connectivity index (χ2v) is 8.94. The molecule has 0 rings (SSSR count). The van der Waals surface area contributed by atoms with Crippen molar-refractivity contribution in [2.75, 3.05) is 54.2 Å². The lowest BCUT2D eigenvalue weighted by atomic mass is 10.0. The van der Waals surface area contributed by atoms with Gasteiger partial charge in [-0.15, -0.1) is 0 Å². The van der Waals surface area contributed by atoms with Crippen LogP contribution in [0.15, 0.2) is 0 Å². The highest BCUT2D eigenvalue weighted by Crippen LogP contribution is 2.13. The highest BCUT2D eigenvalue weighted by atomic mass is 16.5. The molecule has 0 aliphatic carbocycles. The van der Waals surface area contributed by atoms with Gasteiger partial charge in [-0.1, -0.05) is 27.7 Å². The maximum absolute atomic E-state index is 11.2. The van der Waals surface area contributed by atoms with Crippen LogP contribution in [0.25, 0.3) is 0 Å². The van der Waals surface area contributed by atoms with Crippen molar-refractivity contribution in [1.29, 1.82) is 0 Å². The van der Waals surface area contributed by atoms with Gasteiger partial charge in [0.15, 0.2) is 0 Å². The number of nitrogens with zero attached hydrogens (tertiary/aromatic N) is 1. The summed E-state index contributed by atoms with van der Waals surface area (Å²) in [5.41, 5.74) is 0. The van der Waals surface area contributed by atoms with Gasteiger partial charge in [0.1, 0.15) is 0 Å². The number of methoxy groups -OCH3 is 3. The molecule has 10 heteroatoms. The van der Waals surface area contributed by atoms with E-state index in [0.717, 1.165) is 12.8 Å². The topological polar surface area (TPSA) is 135 Å². The van der Waals surface area contributed by atoms with Crippen LogP contribution in [0.4, 0.5) is 0 Å². The van der Waals surface area contributed by atoms with E-state index in [0.29, 0.717) is 37.9 Å². The number of nitrogens with one attached hydrogen (secondary N) is 1. The van der Waals surface area contributed by atoms with Crippen LogP contribution in [-0.4, -0.2) is 99.3 Å². The first-order valence-electron chi connectivity index (χ1n) is 11.9. The molecule has 34 heavy (non-hydrogen) atoms. The van der Waals surface area contributed by atoms with Crippen LogP contribution in [0.2, 0.25) is 0 Å². The first-order chi connectivity index (χ1) is 16.0. The molecule has 0 fully saturated rings. The molecule has 3 N–H and O–H groups in total. The molecule has 202 valence electrons. The Morgan fingerprint density at radius 3 is 1.53 bits per heavy atom. The first kappa shape index (κ1) is 34.4. The van der Waals surface area contributed by atoms with Crippen molar-refractivity contribution in [3.63, 3.8) is 0 Å². The Hall–Kier alpha value is -1.75. The maximum Gasteiger partial charge on any atom is 0.306 e. The highest BCUT2D eigenvalue weighted by molar-refractivity contribution is 5.70. The van der Waals surface area contributed by atoms with Crippen molar-refractivity contribution >= 4 is 17.9 Å². The number of esters is 3. The highest BCUT2D eigenvalue weighted by Gasteiger charge is 2.21. The normalized spacial score (nSPS) is 12.7. The quantitative estimate of drug-likeness (QED) is 0.202. The Kier molecular flexibility index (Phi) is 22.0. The third-order valence-electron chi connectivity index (χ3n) is 5.10. The summed E-state index contributed by atoms with van der Waals surface area (Å²) in [6, 6.07) is 0.0176. The third-order valence-corrected chi connectivity index (χ3v) is 5.10. The van der Waals surface area contributed by atoms with Crippen molar-refractivity contribution in [1.82, 2.24) is 10.2 Å². The maximum atomic E-state index is 11.2. The first-order valence-corrected chi connectivity index (χ1v) is 11.9. The molecule has 10 nitrogen and oxygen atoms in total. The van der Waals surface area contributed by atoms with Gasteiger partial charge >= 0.3 is 17.9 Å². The lowest BCUT2D eigenvalue weighted by Crippen LogP contribution is -2.41. The molecule has 0 aliphatic rings. The molecule has 0 heterocycles. The van der Waals surface area contributed by atoms with E-state index in [1.807, 2.05) is 4.90 Å². The number of ether oxygens (including phenoxy) is 3. The van der Waals surface area contributed by atoms with Crippen LogP contribution in [0.1, 0.15) is 59.8 Å². The molecular formula is C24H48N2O8. The lowest BCUT2D eigenvalue weighted by Gasteiger charge is -2.31. The van der Waals surface area contributed by atoms with Crippen molar-refractivity contribution in [2.24, 2.45) is 11.8 Å². The van der Waals surface area contributed by atoms with Crippen LogP contribution < -0.4 is 5.32 Å². The van der Waals surface area contributed by atoms with Crippen molar-refractivity contribution in [3.05, 3.63) is 0 Å². The van der Waals surface area contributed by atoms with Crippen molar-refractivity contribution in [2.45, 2.75) is 71.9 Å². The van der Waals surface area contributed by atoms with E-state index >= 15 is 0 Å². The molecule has 0 aromatic carbocycles. The number of hydrogen-bond acceptors (Lipinski definition) is 10. The fraction of sp³-hybridized carbons (Fsp3) is 0.875. The fourth-order valence-electron chi connectivity index (χ4n) is 3.31. The van der Waals surface area contributed by atoms with E-state index in [1.54, 1.807) is 0 Å². The molecule has 0 radical (unpaired) electrons. The van der Waals surface area contributed by atoms with Gasteiger partial charge < -0.3 is 29.7 Å². The molecule has 0 saturated carbocycles. The molecule has 0 spiro atoms. The van der Waals surface area contributed by atoms with Gasteiger partial charge in [0.25, 0.3) is 0 Å². The summed E-state index contributed by atoms with van der Waals surface area (Å²) < 4.78 is 13.7. The Morgan fingerprint density at radius 1 is 0.735 bits per heavy atom. The van der Waals surface area contributed by atoms with Crippen LogP contribution in [0.3, 0.4) is 0 Å². The van der Waals surface area contributed by atoms with E-state index in [9.17, 15) is 19.5 Å². The summed E-state index contributed by atoms with van der Waals surface area (Å²) in [6.45, 7) is 9.94. The van der Waals surface area contributed by atoms with Gasteiger partial charge in [0.05, 0.1) is 53.8 Å². The summed E-state index contributed by atoms with van der Waals surface area (Å²) in [5, 5.41) is 21.6. The smallest absolute Gasteiger partial charge is 0.306 e. The van der Waals surface area contributed by atoms with Gasteiger partial charge in [0, 0.05) is 31.7 Å². The van der Waals surface area contributed by atoms with Crippen LogP contribution in [0, 0.1) is 11.8 Å². The van der Waals surface area contributed by atoms with Gasteiger partial charge in [-0.05, 0) is 24.7 Å². The number of aliphatic hydroxyl groups is 2. The second-order valence-electron chi connectivity index (χ2n) is 8.94. The molecule has 0 saturated heterocycles. The van der Waals surface area contributed by atoms with Gasteiger partial charge in [-0.3, -0.25) is 19.3 Å². The molecule has 0 amide bonds. The summed E-state index contributed by atoms with van der Waals surface area (Å²) in [6.07, 6.45) is 2.56. The Morgan fingerprint density at radius 2 is 1.18 bits per heavy atom. The molecule has 2 atom stereocenters. The second kappa shape index (κ2) is 21.8. The van der Waals surface area contributed by atoms with E-state index in [-0.39, 0.29) is 56.0 Å². The predicted molar refractivity (Wildman–Crippen MR) is 130 cm³/mol. The molecule has 0 aromatic rings. The lowest BCUT2D eigenvalue weighted by molar-refractivity contribution is -0.142. The van der Waals surface area contributed by atoms with Crippen LogP contribution in [0.5, 0.6) is 0 Å².